The van der Waals surface area contributed by atoms with E-state index in [1.807, 2.05) is 40.8 Å². The van der Waals surface area contributed by atoms with Crippen LogP contribution in [0.2, 0.25) is 0 Å². The van der Waals surface area contributed by atoms with Crippen LogP contribution in [0.15, 0.2) is 30.3 Å². The summed E-state index contributed by atoms with van der Waals surface area (Å²) in [5.41, 5.74) is 2.85. The number of benzene rings is 1. The van der Waals surface area contributed by atoms with E-state index >= 15 is 0 Å². The minimum Gasteiger partial charge on any atom is -0.490 e. The molecule has 24 heavy (non-hydrogen) atoms. The highest BCUT2D eigenvalue weighted by atomic mass is 16.5. The quantitative estimate of drug-likeness (QED) is 0.868. The standard InChI is InChI=1S/C19H23N3O2/c1-13-10-14(2)22(20-13)15-11-21(12-15)19(23)17-8-3-4-9-18(17)24-16-6-5-7-16/h3-4,8-10,15-16H,5-7,11-12H2,1-2H3. The van der Waals surface area contributed by atoms with E-state index in [-0.39, 0.29) is 18.1 Å². The molecule has 0 radical (unpaired) electrons. The van der Waals surface area contributed by atoms with Crippen LogP contribution >= 0.6 is 0 Å². The highest BCUT2D eigenvalue weighted by Crippen LogP contribution is 2.30. The Hall–Kier alpha value is -2.30. The van der Waals surface area contributed by atoms with E-state index in [4.69, 9.17) is 4.74 Å². The fourth-order valence-electron chi connectivity index (χ4n) is 3.38. The molecule has 4 rings (SSSR count). The predicted molar refractivity (Wildman–Crippen MR) is 91.4 cm³/mol. The van der Waals surface area contributed by atoms with Crippen molar-refractivity contribution in [2.75, 3.05) is 13.1 Å². The van der Waals surface area contributed by atoms with Gasteiger partial charge in [0.05, 0.1) is 23.4 Å². The molecule has 1 saturated carbocycles. The Morgan fingerprint density at radius 3 is 2.58 bits per heavy atom. The summed E-state index contributed by atoms with van der Waals surface area (Å²) >= 11 is 0. The number of ether oxygens (including phenoxy) is 1. The van der Waals surface area contributed by atoms with Gasteiger partial charge < -0.3 is 9.64 Å². The molecule has 5 heteroatoms. The van der Waals surface area contributed by atoms with Crippen LogP contribution in [0.3, 0.4) is 0 Å². The van der Waals surface area contributed by atoms with E-state index in [0.717, 1.165) is 30.0 Å². The monoisotopic (exact) mass is 325 g/mol. The van der Waals surface area contributed by atoms with Gasteiger partial charge >= 0.3 is 0 Å². The smallest absolute Gasteiger partial charge is 0.257 e. The van der Waals surface area contributed by atoms with Gasteiger partial charge in [-0.2, -0.15) is 5.10 Å². The molecule has 0 N–H and O–H groups in total. The zero-order valence-corrected chi connectivity index (χ0v) is 14.2. The highest BCUT2D eigenvalue weighted by molar-refractivity contribution is 5.97. The van der Waals surface area contributed by atoms with Gasteiger partial charge in [-0.25, -0.2) is 0 Å². The van der Waals surface area contributed by atoms with Crippen molar-refractivity contribution < 1.29 is 9.53 Å². The molecule has 2 heterocycles. The van der Waals surface area contributed by atoms with E-state index in [0.29, 0.717) is 18.7 Å². The first kappa shape index (κ1) is 15.2. The number of aryl methyl sites for hydroxylation is 2. The fraction of sp³-hybridized carbons (Fsp3) is 0.474. The molecule has 0 unspecified atom stereocenters. The van der Waals surface area contributed by atoms with Crippen molar-refractivity contribution in [3.63, 3.8) is 0 Å². The number of hydrogen-bond donors (Lipinski definition) is 0. The normalized spacial score (nSPS) is 18.2. The SMILES string of the molecule is Cc1cc(C)n(C2CN(C(=O)c3ccccc3OC3CCC3)C2)n1. The predicted octanol–water partition coefficient (Wildman–Crippen LogP) is 3.13. The Labute approximate surface area is 142 Å². The third-order valence-electron chi connectivity index (χ3n) is 5.00. The van der Waals surface area contributed by atoms with Crippen molar-refractivity contribution in [1.82, 2.24) is 14.7 Å². The summed E-state index contributed by atoms with van der Waals surface area (Å²) in [5.74, 6) is 0.782. The number of hydrogen-bond acceptors (Lipinski definition) is 3. The zero-order chi connectivity index (χ0) is 16.7. The minimum absolute atomic E-state index is 0.0581. The molecule has 2 fully saturated rings. The van der Waals surface area contributed by atoms with E-state index in [9.17, 15) is 4.79 Å². The van der Waals surface area contributed by atoms with Gasteiger partial charge in [-0.05, 0) is 51.3 Å². The van der Waals surface area contributed by atoms with Crippen LogP contribution < -0.4 is 4.74 Å². The zero-order valence-electron chi connectivity index (χ0n) is 14.2. The van der Waals surface area contributed by atoms with Gasteiger partial charge in [0.25, 0.3) is 5.91 Å². The molecule has 2 aliphatic rings. The first-order valence-corrected chi connectivity index (χ1v) is 8.69. The molecule has 0 spiro atoms. The average molecular weight is 325 g/mol. The van der Waals surface area contributed by atoms with Gasteiger partial charge in [0.1, 0.15) is 5.75 Å². The third-order valence-corrected chi connectivity index (χ3v) is 5.00. The third kappa shape index (κ3) is 2.68. The van der Waals surface area contributed by atoms with Crippen molar-refractivity contribution >= 4 is 5.91 Å². The maximum Gasteiger partial charge on any atom is 0.257 e. The Morgan fingerprint density at radius 1 is 1.21 bits per heavy atom. The second-order valence-corrected chi connectivity index (χ2v) is 6.90. The molecular formula is C19H23N3O2. The van der Waals surface area contributed by atoms with Crippen molar-refractivity contribution in [2.24, 2.45) is 0 Å². The van der Waals surface area contributed by atoms with Gasteiger partial charge in [0.15, 0.2) is 0 Å². The van der Waals surface area contributed by atoms with Crippen LogP contribution in [0.4, 0.5) is 0 Å². The second kappa shape index (κ2) is 5.96. The summed E-state index contributed by atoms with van der Waals surface area (Å²) in [6.07, 6.45) is 3.67. The molecule has 2 aromatic rings. The lowest BCUT2D eigenvalue weighted by Gasteiger charge is -2.40. The average Bonchev–Trinajstić information content (AvgIpc) is 2.80. The molecule has 1 aromatic heterocycles. The van der Waals surface area contributed by atoms with E-state index < -0.39 is 0 Å². The van der Waals surface area contributed by atoms with E-state index in [1.54, 1.807) is 0 Å². The minimum atomic E-state index is 0.0581. The summed E-state index contributed by atoms with van der Waals surface area (Å²) in [6, 6.07) is 9.96. The maximum absolute atomic E-state index is 12.8. The Kier molecular flexibility index (Phi) is 3.79. The summed E-state index contributed by atoms with van der Waals surface area (Å²) in [5, 5.41) is 4.53. The molecule has 1 aromatic carbocycles. The lowest BCUT2D eigenvalue weighted by molar-refractivity contribution is 0.0485. The van der Waals surface area contributed by atoms with Crippen LogP contribution in [0.25, 0.3) is 0 Å². The van der Waals surface area contributed by atoms with Crippen molar-refractivity contribution in [3.05, 3.63) is 47.3 Å². The number of aromatic nitrogens is 2. The van der Waals surface area contributed by atoms with Crippen molar-refractivity contribution in [3.8, 4) is 5.75 Å². The first-order valence-electron chi connectivity index (χ1n) is 8.69. The number of para-hydroxylation sites is 1. The number of carbonyl (C=O) groups is 1. The van der Waals surface area contributed by atoms with Gasteiger partial charge in [-0.15, -0.1) is 0 Å². The van der Waals surface area contributed by atoms with Crippen LogP contribution in [-0.2, 0) is 0 Å². The first-order chi connectivity index (χ1) is 11.6. The topological polar surface area (TPSA) is 47.4 Å². The number of likely N-dealkylation sites (tertiary alicyclic amines) is 1. The number of nitrogens with zero attached hydrogens (tertiary/aromatic N) is 3. The molecule has 1 aliphatic carbocycles. The Morgan fingerprint density at radius 2 is 1.96 bits per heavy atom. The number of amides is 1. The van der Waals surface area contributed by atoms with Gasteiger partial charge in [-0.1, -0.05) is 12.1 Å². The molecule has 1 aliphatic heterocycles. The maximum atomic E-state index is 12.8. The summed E-state index contributed by atoms with van der Waals surface area (Å²) in [7, 11) is 0. The van der Waals surface area contributed by atoms with Gasteiger partial charge in [-0.3, -0.25) is 9.48 Å². The lowest BCUT2D eigenvalue weighted by atomic mass is 9.96. The summed E-state index contributed by atoms with van der Waals surface area (Å²) in [4.78, 5) is 14.7. The Balaban J connectivity index is 1.45. The molecule has 126 valence electrons. The van der Waals surface area contributed by atoms with Crippen LogP contribution in [0.5, 0.6) is 5.75 Å². The van der Waals surface area contributed by atoms with Gasteiger partial charge in [0, 0.05) is 18.8 Å². The van der Waals surface area contributed by atoms with E-state index in [1.165, 1.54) is 6.42 Å². The molecular weight excluding hydrogens is 302 g/mol. The van der Waals surface area contributed by atoms with Crippen LogP contribution in [-0.4, -0.2) is 39.8 Å². The lowest BCUT2D eigenvalue weighted by Crippen LogP contribution is -2.51. The molecule has 0 bridgehead atoms. The molecule has 1 saturated heterocycles. The molecule has 5 nitrogen and oxygen atoms in total. The van der Waals surface area contributed by atoms with Crippen LogP contribution in [0.1, 0.15) is 47.1 Å². The highest BCUT2D eigenvalue weighted by Gasteiger charge is 2.35. The summed E-state index contributed by atoms with van der Waals surface area (Å²) in [6.45, 7) is 5.47. The van der Waals surface area contributed by atoms with Crippen LogP contribution in [0, 0.1) is 13.8 Å². The van der Waals surface area contributed by atoms with Crippen molar-refractivity contribution in [1.29, 1.82) is 0 Å². The largest absolute Gasteiger partial charge is 0.490 e. The second-order valence-electron chi connectivity index (χ2n) is 6.90. The molecule has 0 atom stereocenters. The van der Waals surface area contributed by atoms with E-state index in [2.05, 4.69) is 18.1 Å². The molecule has 1 amide bonds. The number of rotatable bonds is 4. The van der Waals surface area contributed by atoms with Gasteiger partial charge in [0.2, 0.25) is 0 Å². The Bertz CT molecular complexity index is 758. The summed E-state index contributed by atoms with van der Waals surface area (Å²) < 4.78 is 8.03. The number of carbonyl (C=O) groups excluding carboxylic acids is 1. The van der Waals surface area contributed by atoms with Crippen molar-refractivity contribution in [2.45, 2.75) is 45.3 Å². The fourth-order valence-corrected chi connectivity index (χ4v) is 3.38.